The third-order valence-corrected chi connectivity index (χ3v) is 16.6. The maximum atomic E-state index is 14.4. The first-order valence-corrected chi connectivity index (χ1v) is 34.1. The number of carbonyl (C=O) groups is 7. The fourth-order valence-electron chi connectivity index (χ4n) is 9.55. The number of ketones is 1. The highest BCUT2D eigenvalue weighted by atomic mass is 19.1. The van der Waals surface area contributed by atoms with Crippen LogP contribution in [0.25, 0.3) is 0 Å². The van der Waals surface area contributed by atoms with Gasteiger partial charge in [0.25, 0.3) is 0 Å². The predicted octanol–water partition coefficient (Wildman–Crippen LogP) is 13.2. The summed E-state index contributed by atoms with van der Waals surface area (Å²) in [5.41, 5.74) is -6.99. The minimum atomic E-state index is -2.50. The third-order valence-electron chi connectivity index (χ3n) is 16.6. The number of ether oxygens (including phenoxy) is 13. The summed E-state index contributed by atoms with van der Waals surface area (Å²) in [5, 5.41) is 9.10. The highest BCUT2D eigenvalue weighted by Crippen LogP contribution is 2.46. The van der Waals surface area contributed by atoms with Crippen molar-refractivity contribution >= 4 is 41.6 Å². The Labute approximate surface area is 553 Å². The summed E-state index contributed by atoms with van der Waals surface area (Å²) in [6.07, 6.45) is 5.37. The first-order valence-electron chi connectivity index (χ1n) is 34.1. The van der Waals surface area contributed by atoms with Crippen LogP contribution in [-0.4, -0.2) is 176 Å². The van der Waals surface area contributed by atoms with Gasteiger partial charge in [-0.25, -0.2) is 9.18 Å². The molecule has 0 radical (unpaired) electrons. The normalized spacial score (nSPS) is 19.1. The number of carbonyl (C=O) groups excluding carboxylic acids is 6. The monoisotopic (exact) mass is 1320 g/mol. The molecule has 2 rings (SSSR count). The van der Waals surface area contributed by atoms with Crippen molar-refractivity contribution < 1.29 is 105 Å². The summed E-state index contributed by atoms with van der Waals surface area (Å²) in [7, 11) is 0. The molecule has 0 saturated carbocycles. The van der Waals surface area contributed by atoms with Gasteiger partial charge in [-0.1, -0.05) is 76.2 Å². The van der Waals surface area contributed by atoms with Gasteiger partial charge in [-0.2, -0.15) is 0 Å². The van der Waals surface area contributed by atoms with E-state index in [1.807, 2.05) is 90.0 Å². The maximum Gasteiger partial charge on any atom is 0.341 e. The van der Waals surface area contributed by atoms with E-state index in [9.17, 15) is 38.0 Å². The number of aliphatic carboxylic acids is 1. The largest absolute Gasteiger partial charge is 0.479 e. The molecule has 2 saturated heterocycles. The number of alkyl halides is 1. The highest BCUT2D eigenvalue weighted by Gasteiger charge is 2.50. The molecule has 0 amide bonds. The van der Waals surface area contributed by atoms with Crippen molar-refractivity contribution in [2.45, 2.75) is 272 Å². The fourth-order valence-corrected chi connectivity index (χ4v) is 9.55. The Kier molecular flexibility index (Phi) is 46.1. The quantitative estimate of drug-likeness (QED) is 0.0258. The number of hydrogen-bond acceptors (Lipinski definition) is 20. The molecule has 0 aromatic heterocycles. The lowest BCUT2D eigenvalue weighted by Gasteiger charge is -2.40. The topological polar surface area (TPSA) is 260 Å². The number of hydrogen-bond donors (Lipinski definition) is 1. The lowest BCUT2D eigenvalue weighted by Crippen LogP contribution is -2.49. The summed E-state index contributed by atoms with van der Waals surface area (Å²) >= 11 is 0. The molecule has 1 N–H and O–H groups in total. The highest BCUT2D eigenvalue weighted by molar-refractivity contribution is 5.85. The van der Waals surface area contributed by atoms with Crippen LogP contribution in [-0.2, 0) is 95.1 Å². The smallest absolute Gasteiger partial charge is 0.341 e. The summed E-state index contributed by atoms with van der Waals surface area (Å²) < 4.78 is 85.6. The van der Waals surface area contributed by atoms with Gasteiger partial charge >= 0.3 is 35.8 Å². The molecule has 0 bridgehead atoms. The molecule has 0 aliphatic carbocycles. The van der Waals surface area contributed by atoms with Crippen LogP contribution in [0.4, 0.5) is 4.39 Å². The summed E-state index contributed by atoms with van der Waals surface area (Å²) in [6, 6.07) is 0. The van der Waals surface area contributed by atoms with E-state index >= 15 is 0 Å². The van der Waals surface area contributed by atoms with Crippen molar-refractivity contribution in [1.29, 1.82) is 0 Å². The van der Waals surface area contributed by atoms with Crippen molar-refractivity contribution in [2.24, 2.45) is 44.8 Å². The molecule has 2 fully saturated rings. The van der Waals surface area contributed by atoms with Crippen molar-refractivity contribution in [3.05, 3.63) is 0 Å². The zero-order valence-electron chi connectivity index (χ0n) is 61.2. The maximum absolute atomic E-state index is 14.4. The molecule has 22 heteroatoms. The van der Waals surface area contributed by atoms with Crippen molar-refractivity contribution in [3.63, 3.8) is 0 Å². The van der Waals surface area contributed by atoms with E-state index in [4.69, 9.17) is 66.7 Å². The van der Waals surface area contributed by atoms with Crippen molar-refractivity contribution in [1.82, 2.24) is 0 Å². The van der Waals surface area contributed by atoms with Crippen LogP contribution in [0.1, 0.15) is 236 Å². The molecule has 0 spiro atoms. The number of carboxylic acid groups (broad SMARTS) is 1. The predicted molar refractivity (Wildman–Crippen MR) is 350 cm³/mol. The zero-order chi connectivity index (χ0) is 70.9. The van der Waals surface area contributed by atoms with Gasteiger partial charge in [-0.05, 0) is 165 Å². The third kappa shape index (κ3) is 36.3. The van der Waals surface area contributed by atoms with Gasteiger partial charge in [-0.15, -0.1) is 0 Å². The minimum Gasteiger partial charge on any atom is -0.479 e. The molecule has 0 aromatic carbocycles. The number of esters is 5. The van der Waals surface area contributed by atoms with E-state index in [2.05, 4.69) is 13.8 Å². The second kappa shape index (κ2) is 47.1. The Balaban J connectivity index is 0. The van der Waals surface area contributed by atoms with E-state index < -0.39 is 75.8 Å². The van der Waals surface area contributed by atoms with Crippen LogP contribution in [0.2, 0.25) is 0 Å². The number of halogens is 1. The van der Waals surface area contributed by atoms with Crippen LogP contribution >= 0.6 is 0 Å². The SMILES string of the molecule is CCC(C)(CC(C)(F)C(=O)O)C(=O)OC(C1CCCCO1)C1CCCCO1.CCC(C)C(=O)OCCOCCOCC(C)C.CCOCC(OCC)OC(=O)C(C)(C)CC.CCOCC(OCC)OC(=O)C(C)(CC(C)(C)C(C)=O)CC(C)(CC)C(=O)OCC(C)C. The van der Waals surface area contributed by atoms with Gasteiger partial charge in [0.2, 0.25) is 18.2 Å². The fraction of sp³-hybridized carbons (Fsp3) is 0.900. The lowest BCUT2D eigenvalue weighted by atomic mass is 9.64. The van der Waals surface area contributed by atoms with Crippen LogP contribution in [0.3, 0.4) is 0 Å². The number of Topliss-reactive ketones (excluding diaryl/α,β-unsaturated/α-hetero) is 1. The average molecular weight is 1330 g/mol. The molecule has 9 atom stereocenters. The molecule has 9 unspecified atom stereocenters. The van der Waals surface area contributed by atoms with Crippen molar-refractivity contribution in [2.75, 3.05) is 92.5 Å². The Hall–Kier alpha value is -3.90. The molecule has 2 heterocycles. The molecule has 21 nitrogen and oxygen atoms in total. The van der Waals surface area contributed by atoms with Gasteiger partial charge in [0.05, 0.1) is 66.2 Å². The lowest BCUT2D eigenvalue weighted by molar-refractivity contribution is -0.203. The molecule has 542 valence electrons. The summed E-state index contributed by atoms with van der Waals surface area (Å²) in [5.74, 6) is -2.70. The van der Waals surface area contributed by atoms with Crippen LogP contribution < -0.4 is 0 Å². The Bertz CT molecular complexity index is 2040. The van der Waals surface area contributed by atoms with E-state index in [-0.39, 0.29) is 80.2 Å². The number of carboxylic acids is 1. The Morgan fingerprint density at radius 1 is 0.489 bits per heavy atom. The second-order valence-corrected chi connectivity index (χ2v) is 27.2. The second-order valence-electron chi connectivity index (χ2n) is 27.2. The van der Waals surface area contributed by atoms with E-state index in [1.165, 1.54) is 6.92 Å². The van der Waals surface area contributed by atoms with Gasteiger partial charge < -0.3 is 66.7 Å². The molecular formula is C70H129FO21. The molecule has 2 aliphatic rings. The first kappa shape index (κ1) is 90.2. The first-order chi connectivity index (χ1) is 42.9. The Morgan fingerprint density at radius 3 is 1.35 bits per heavy atom. The number of rotatable bonds is 42. The summed E-state index contributed by atoms with van der Waals surface area (Å²) in [6.45, 7) is 46.5. The van der Waals surface area contributed by atoms with E-state index in [0.717, 1.165) is 64.9 Å². The summed E-state index contributed by atoms with van der Waals surface area (Å²) in [4.78, 5) is 86.0. The molecular weight excluding hydrogens is 1200 g/mol. The molecule has 92 heavy (non-hydrogen) atoms. The van der Waals surface area contributed by atoms with Crippen LogP contribution in [0.5, 0.6) is 0 Å². The van der Waals surface area contributed by atoms with Gasteiger partial charge in [-0.3, -0.25) is 28.8 Å². The molecule has 2 aliphatic heterocycles. The van der Waals surface area contributed by atoms with Gasteiger partial charge in [0.1, 0.15) is 25.6 Å². The van der Waals surface area contributed by atoms with Crippen molar-refractivity contribution in [3.8, 4) is 0 Å². The van der Waals surface area contributed by atoms with Gasteiger partial charge in [0.15, 0.2) is 6.10 Å². The zero-order valence-corrected chi connectivity index (χ0v) is 61.2. The van der Waals surface area contributed by atoms with E-state index in [0.29, 0.717) is 85.0 Å². The Morgan fingerprint density at radius 2 is 0.946 bits per heavy atom. The standard InChI is InChI=1S/C25H46O7.C20H33FO6.C13H26O4.C12H24O4/c1-11-24(9,21(27)31-14-18(4)5)17-25(10,16-23(7,8)19(6)26)22(28)32-20(30-13-3)15-29-12-2;1-4-19(2,13-20(3,21)17(22)23)18(24)27-16(14-9-5-7-11-25-14)15-10-6-8-12-26-15;1-5-12(4)13(14)17-9-8-15-6-7-16-10-11(2)3;1-6-12(4,5)11(13)16-10(15-8-3)9-14-7-2/h18,20H,11-17H2,1-10H3;14-16H,4-13H2,1-3H3,(H,22,23);11-12H,5-10H2,1-4H3;10H,6-9H2,1-5H3. The minimum absolute atomic E-state index is 0.0237. The molecule has 0 aromatic rings. The average Bonchev–Trinajstić information content (AvgIpc) is 0.805. The van der Waals surface area contributed by atoms with Crippen LogP contribution in [0, 0.1) is 44.8 Å². The van der Waals surface area contributed by atoms with Gasteiger partial charge in [0, 0.05) is 58.1 Å². The van der Waals surface area contributed by atoms with Crippen LogP contribution in [0.15, 0.2) is 0 Å². The van der Waals surface area contributed by atoms with E-state index in [1.54, 1.807) is 34.6 Å².